The molecule has 2 aromatic rings. The Bertz CT molecular complexity index is 1060. The third kappa shape index (κ3) is 5.28. The van der Waals surface area contributed by atoms with Crippen molar-refractivity contribution in [2.45, 2.75) is 46.0 Å². The van der Waals surface area contributed by atoms with Gasteiger partial charge in [-0.25, -0.2) is 0 Å². The normalized spacial score (nSPS) is 11.0. The first-order chi connectivity index (χ1) is 15.3. The molecule has 0 heterocycles. The van der Waals surface area contributed by atoms with Crippen LogP contribution in [0, 0.1) is 0 Å². The van der Waals surface area contributed by atoms with Gasteiger partial charge in [0.05, 0.1) is 5.41 Å². The van der Waals surface area contributed by atoms with Gasteiger partial charge in [-0.2, -0.15) is 0 Å². The van der Waals surface area contributed by atoms with Crippen LogP contribution in [0.25, 0.3) is 0 Å². The maximum atomic E-state index is 13.1. The van der Waals surface area contributed by atoms with E-state index >= 15 is 0 Å². The van der Waals surface area contributed by atoms with E-state index in [-0.39, 0.29) is 69.4 Å². The molecule has 0 aromatic heterocycles. The van der Waals surface area contributed by atoms with Gasteiger partial charge in [-0.05, 0) is 81.6 Å². The fraction of sp³-hybridized carbons (Fsp3) is 0.280. The van der Waals surface area contributed by atoms with E-state index in [0.29, 0.717) is 0 Å². The summed E-state index contributed by atoms with van der Waals surface area (Å²) < 4.78 is 0. The van der Waals surface area contributed by atoms with Crippen molar-refractivity contribution in [1.29, 1.82) is 0 Å². The zero-order valence-electron chi connectivity index (χ0n) is 19.0. The van der Waals surface area contributed by atoms with Crippen LogP contribution in [0.15, 0.2) is 36.4 Å². The Hall–Kier alpha value is -3.94. The van der Waals surface area contributed by atoms with Crippen LogP contribution in [0.3, 0.4) is 0 Å². The largest absolute Gasteiger partial charge is 0.370 e. The van der Waals surface area contributed by atoms with Crippen molar-refractivity contribution in [2.75, 3.05) is 0 Å². The minimum atomic E-state index is -1.75. The lowest BCUT2D eigenvalue weighted by molar-refractivity contribution is -0.123. The van der Waals surface area contributed by atoms with Gasteiger partial charge < -0.3 is 11.5 Å². The highest BCUT2D eigenvalue weighted by Crippen LogP contribution is 2.39. The predicted octanol–water partition coefficient (Wildman–Crippen LogP) is 2.53. The third-order valence-electron chi connectivity index (χ3n) is 5.64. The zero-order valence-corrected chi connectivity index (χ0v) is 19.0. The summed E-state index contributed by atoms with van der Waals surface area (Å²) in [7, 11) is 0. The molecule has 2 aromatic carbocycles. The van der Waals surface area contributed by atoms with Gasteiger partial charge in [-0.3, -0.25) is 28.8 Å². The summed E-state index contributed by atoms with van der Waals surface area (Å²) in [5.41, 5.74) is 10.5. The van der Waals surface area contributed by atoms with Crippen LogP contribution >= 0.6 is 0 Å². The number of ketones is 4. The number of carbonyl (C=O) groups excluding carboxylic acids is 6. The molecule has 0 aliphatic carbocycles. The van der Waals surface area contributed by atoms with Gasteiger partial charge in [0, 0.05) is 28.7 Å². The van der Waals surface area contributed by atoms with Crippen molar-refractivity contribution in [3.63, 3.8) is 0 Å². The summed E-state index contributed by atoms with van der Waals surface area (Å²) in [6, 6.07) is 8.51. The van der Waals surface area contributed by atoms with Crippen LogP contribution in [0.1, 0.15) is 93.1 Å². The number of Topliss-reactive ketones (excluding diaryl/α,β-unsaturated/α-hetero) is 4. The van der Waals surface area contributed by atoms with Gasteiger partial charge >= 0.3 is 0 Å². The molecule has 2 rings (SSSR count). The van der Waals surface area contributed by atoms with Crippen LogP contribution < -0.4 is 11.5 Å². The number of carbonyl (C=O) groups is 6. The Morgan fingerprint density at radius 2 is 0.909 bits per heavy atom. The van der Waals surface area contributed by atoms with Gasteiger partial charge in [0.15, 0.2) is 23.1 Å². The molecule has 0 unspecified atom stereocenters. The van der Waals surface area contributed by atoms with E-state index in [2.05, 4.69) is 0 Å². The molecule has 0 atom stereocenters. The molecule has 0 fully saturated rings. The van der Waals surface area contributed by atoms with Gasteiger partial charge in [-0.1, -0.05) is 0 Å². The number of amides is 2. The smallest absolute Gasteiger partial charge is 0.232 e. The topological polar surface area (TPSA) is 154 Å². The molecule has 2 amide bonds. The van der Waals surface area contributed by atoms with Crippen molar-refractivity contribution in [3.05, 3.63) is 69.8 Å². The fourth-order valence-electron chi connectivity index (χ4n) is 3.73. The third-order valence-corrected chi connectivity index (χ3v) is 5.64. The van der Waals surface area contributed by atoms with Gasteiger partial charge in [0.25, 0.3) is 0 Å². The lowest BCUT2D eigenvalue weighted by atomic mass is 9.69. The first-order valence-corrected chi connectivity index (χ1v) is 10.2. The van der Waals surface area contributed by atoms with E-state index in [0.717, 1.165) is 0 Å². The van der Waals surface area contributed by atoms with Crippen molar-refractivity contribution < 1.29 is 28.8 Å². The summed E-state index contributed by atoms with van der Waals surface area (Å²) in [6.45, 7) is 5.23. The summed E-state index contributed by atoms with van der Waals surface area (Å²) >= 11 is 0. The molecule has 8 heteroatoms. The molecule has 0 saturated carbocycles. The minimum Gasteiger partial charge on any atom is -0.370 e. The summed E-state index contributed by atoms with van der Waals surface area (Å²) in [5, 5.41) is 0. The molecule has 0 aliphatic heterocycles. The van der Waals surface area contributed by atoms with E-state index < -0.39 is 17.2 Å². The highest BCUT2D eigenvalue weighted by Gasteiger charge is 2.42. The Morgan fingerprint density at radius 1 is 0.606 bits per heavy atom. The summed E-state index contributed by atoms with van der Waals surface area (Å²) in [6.07, 6.45) is -0.461. The highest BCUT2D eigenvalue weighted by atomic mass is 16.2. The number of primary amides is 2. The van der Waals surface area contributed by atoms with Crippen LogP contribution in [0.5, 0.6) is 0 Å². The molecule has 0 aliphatic rings. The monoisotopic (exact) mass is 450 g/mol. The maximum Gasteiger partial charge on any atom is 0.232 e. The van der Waals surface area contributed by atoms with E-state index in [1.54, 1.807) is 0 Å². The van der Waals surface area contributed by atoms with Crippen molar-refractivity contribution in [1.82, 2.24) is 0 Å². The standard InChI is InChI=1S/C25H26N2O6/c1-13(28)17-7-18(14(2)29)10-21(9-17)25(24(27)33,6-5-23(26)32)22-11-19(15(3)30)8-20(12-22)16(4)31/h7-12H,5-6H2,1-4H3,(H2,26,32)(H2,27,33). The molecule has 0 spiro atoms. The van der Waals surface area contributed by atoms with E-state index in [4.69, 9.17) is 11.5 Å². The molecule has 172 valence electrons. The SMILES string of the molecule is CC(=O)c1cc(C(C)=O)cc(C(CCC(N)=O)(C(N)=O)c2cc(C(C)=O)cc(C(C)=O)c2)c1. The number of hydrogen-bond donors (Lipinski definition) is 2. The van der Waals surface area contributed by atoms with Crippen molar-refractivity contribution >= 4 is 34.9 Å². The quantitative estimate of drug-likeness (QED) is 0.530. The van der Waals surface area contributed by atoms with Crippen LogP contribution in [0.4, 0.5) is 0 Å². The lowest BCUT2D eigenvalue weighted by Gasteiger charge is -2.33. The number of rotatable bonds is 10. The molecule has 0 saturated heterocycles. The predicted molar refractivity (Wildman–Crippen MR) is 121 cm³/mol. The first kappa shape index (κ1) is 25.3. The van der Waals surface area contributed by atoms with E-state index in [1.807, 2.05) is 0 Å². The molecule has 33 heavy (non-hydrogen) atoms. The minimum absolute atomic E-state index is 0.164. The zero-order chi connectivity index (χ0) is 25.1. The number of benzene rings is 2. The summed E-state index contributed by atoms with van der Waals surface area (Å²) in [5.74, 6) is -3.01. The Balaban J connectivity index is 3.04. The highest BCUT2D eigenvalue weighted by molar-refractivity contribution is 6.03. The van der Waals surface area contributed by atoms with Gasteiger partial charge in [0.2, 0.25) is 11.8 Å². The molecular weight excluding hydrogens is 424 g/mol. The van der Waals surface area contributed by atoms with E-state index in [9.17, 15) is 28.8 Å². The first-order valence-electron chi connectivity index (χ1n) is 10.2. The summed E-state index contributed by atoms with van der Waals surface area (Å²) in [4.78, 5) is 73.4. The van der Waals surface area contributed by atoms with Crippen LogP contribution in [-0.4, -0.2) is 34.9 Å². The Morgan fingerprint density at radius 3 is 1.12 bits per heavy atom. The lowest BCUT2D eigenvalue weighted by Crippen LogP contribution is -2.43. The molecular formula is C25H26N2O6. The second-order valence-electron chi connectivity index (χ2n) is 8.06. The number of hydrogen-bond acceptors (Lipinski definition) is 6. The van der Waals surface area contributed by atoms with Crippen LogP contribution in [-0.2, 0) is 15.0 Å². The average molecular weight is 450 g/mol. The number of nitrogens with two attached hydrogens (primary N) is 2. The second kappa shape index (κ2) is 9.68. The maximum absolute atomic E-state index is 13.1. The Kier molecular flexibility index (Phi) is 7.43. The van der Waals surface area contributed by atoms with Crippen molar-refractivity contribution in [3.8, 4) is 0 Å². The molecule has 0 radical (unpaired) electrons. The second-order valence-corrected chi connectivity index (χ2v) is 8.06. The van der Waals surface area contributed by atoms with E-state index in [1.165, 1.54) is 64.1 Å². The van der Waals surface area contributed by atoms with Crippen LogP contribution in [0.2, 0.25) is 0 Å². The molecule has 4 N–H and O–H groups in total. The average Bonchev–Trinajstić information content (AvgIpc) is 2.73. The molecule has 8 nitrogen and oxygen atoms in total. The molecule has 0 bridgehead atoms. The van der Waals surface area contributed by atoms with Gasteiger partial charge in [-0.15, -0.1) is 0 Å². The fourth-order valence-corrected chi connectivity index (χ4v) is 3.73. The van der Waals surface area contributed by atoms with Crippen molar-refractivity contribution in [2.24, 2.45) is 11.5 Å². The Labute approximate surface area is 191 Å². The van der Waals surface area contributed by atoms with Gasteiger partial charge in [0.1, 0.15) is 0 Å².